The van der Waals surface area contributed by atoms with Crippen LogP contribution in [0, 0.1) is 0 Å². The number of para-hydroxylation sites is 1. The molecule has 0 aromatic heterocycles. The Balaban J connectivity index is 1.57. The highest BCUT2D eigenvalue weighted by molar-refractivity contribution is 5.74. The van der Waals surface area contributed by atoms with E-state index in [1.807, 2.05) is 115 Å². The Morgan fingerprint density at radius 1 is 0.489 bits per heavy atom. The highest BCUT2D eigenvalue weighted by atomic mass is 16.5. The van der Waals surface area contributed by atoms with Crippen LogP contribution in [0.5, 0.6) is 23.0 Å². The first-order chi connectivity index (χ1) is 22.1. The van der Waals surface area contributed by atoms with E-state index in [9.17, 15) is 10.2 Å². The first kappa shape index (κ1) is 29.8. The molecule has 0 saturated heterocycles. The maximum atomic E-state index is 11.1. The SMILES string of the molecule is CCCCCC(c1ccc(Oc2ccccc2)cc1)(c1ccc(O)c(-c2ccccc2)c1)c1ccc(O)c(-c2ccccc2)c1. The van der Waals surface area contributed by atoms with E-state index in [0.29, 0.717) is 0 Å². The van der Waals surface area contributed by atoms with Crippen molar-refractivity contribution in [3.05, 3.63) is 168 Å². The van der Waals surface area contributed by atoms with Crippen LogP contribution in [-0.4, -0.2) is 10.2 Å². The van der Waals surface area contributed by atoms with Crippen LogP contribution in [0.15, 0.2) is 152 Å². The van der Waals surface area contributed by atoms with Crippen LogP contribution in [-0.2, 0) is 5.41 Å². The zero-order valence-electron chi connectivity index (χ0n) is 25.6. The molecule has 0 aliphatic rings. The minimum absolute atomic E-state index is 0.245. The van der Waals surface area contributed by atoms with Gasteiger partial charge in [-0.15, -0.1) is 0 Å². The summed E-state index contributed by atoms with van der Waals surface area (Å²) >= 11 is 0. The standard InChI is InChI=1S/C42H38O3/c1-2-3-13-28-42(33-20-24-37(25-21-33)45-36-18-11-6-12-19-36,34-22-26-40(43)38(29-34)31-14-7-4-8-15-31)35-23-27-41(44)39(30-35)32-16-9-5-10-17-32/h4-12,14-27,29-30,43-44H,2-3,13,28H2,1H3. The highest BCUT2D eigenvalue weighted by Gasteiger charge is 2.37. The topological polar surface area (TPSA) is 49.7 Å². The Kier molecular flexibility index (Phi) is 8.98. The lowest BCUT2D eigenvalue weighted by atomic mass is 9.65. The third-order valence-electron chi connectivity index (χ3n) is 8.63. The van der Waals surface area contributed by atoms with Gasteiger partial charge in [-0.3, -0.25) is 0 Å². The number of hydrogen-bond donors (Lipinski definition) is 2. The van der Waals surface area contributed by atoms with E-state index >= 15 is 0 Å². The minimum Gasteiger partial charge on any atom is -0.507 e. The second-order valence-electron chi connectivity index (χ2n) is 11.5. The lowest BCUT2D eigenvalue weighted by Gasteiger charge is -2.37. The van der Waals surface area contributed by atoms with Crippen LogP contribution in [0.1, 0.15) is 49.3 Å². The molecule has 0 fully saturated rings. The maximum absolute atomic E-state index is 11.1. The quantitative estimate of drug-likeness (QED) is 0.117. The molecule has 3 nitrogen and oxygen atoms in total. The summed E-state index contributed by atoms with van der Waals surface area (Å²) in [5.74, 6) is 2.04. The zero-order chi connectivity index (χ0) is 31.1. The van der Waals surface area contributed by atoms with Gasteiger partial charge in [0.25, 0.3) is 0 Å². The lowest BCUT2D eigenvalue weighted by molar-refractivity contribution is 0.472. The number of unbranched alkanes of at least 4 members (excludes halogenated alkanes) is 2. The largest absolute Gasteiger partial charge is 0.507 e. The number of phenols is 2. The number of hydrogen-bond acceptors (Lipinski definition) is 3. The normalized spacial score (nSPS) is 11.3. The molecule has 0 spiro atoms. The second-order valence-corrected chi connectivity index (χ2v) is 11.5. The van der Waals surface area contributed by atoms with Crippen LogP contribution in [0.25, 0.3) is 22.3 Å². The van der Waals surface area contributed by atoms with Crippen LogP contribution < -0.4 is 4.74 Å². The van der Waals surface area contributed by atoms with Gasteiger partial charge >= 0.3 is 0 Å². The molecule has 0 unspecified atom stereocenters. The van der Waals surface area contributed by atoms with Gasteiger partial charge < -0.3 is 14.9 Å². The van der Waals surface area contributed by atoms with Crippen LogP contribution in [0.2, 0.25) is 0 Å². The first-order valence-corrected chi connectivity index (χ1v) is 15.7. The van der Waals surface area contributed by atoms with E-state index in [2.05, 4.69) is 43.3 Å². The fourth-order valence-electron chi connectivity index (χ4n) is 6.31. The monoisotopic (exact) mass is 590 g/mol. The summed E-state index contributed by atoms with van der Waals surface area (Å²) in [5, 5.41) is 22.1. The predicted octanol–water partition coefficient (Wildman–Crippen LogP) is 11.1. The molecule has 224 valence electrons. The fraction of sp³-hybridized carbons (Fsp3) is 0.143. The van der Waals surface area contributed by atoms with E-state index in [1.54, 1.807) is 0 Å². The van der Waals surface area contributed by atoms with Crippen LogP contribution >= 0.6 is 0 Å². The molecular weight excluding hydrogens is 552 g/mol. The molecule has 2 N–H and O–H groups in total. The Labute approximate surface area is 266 Å². The van der Waals surface area contributed by atoms with Gasteiger partial charge in [0, 0.05) is 16.5 Å². The van der Waals surface area contributed by atoms with Gasteiger partial charge in [-0.05, 0) is 82.8 Å². The Hall–Kier alpha value is -5.28. The van der Waals surface area contributed by atoms with Crippen molar-refractivity contribution in [3.8, 4) is 45.3 Å². The summed E-state index contributed by atoms with van der Waals surface area (Å²) in [6.07, 6.45) is 4.03. The Morgan fingerprint density at radius 2 is 0.933 bits per heavy atom. The smallest absolute Gasteiger partial charge is 0.127 e. The van der Waals surface area contributed by atoms with Gasteiger partial charge in [-0.25, -0.2) is 0 Å². The fourth-order valence-corrected chi connectivity index (χ4v) is 6.31. The van der Waals surface area contributed by atoms with Crippen molar-refractivity contribution in [3.63, 3.8) is 0 Å². The maximum Gasteiger partial charge on any atom is 0.127 e. The van der Waals surface area contributed by atoms with Gasteiger partial charge in [-0.2, -0.15) is 0 Å². The van der Waals surface area contributed by atoms with Gasteiger partial charge in [0.1, 0.15) is 23.0 Å². The third kappa shape index (κ3) is 6.34. The molecule has 45 heavy (non-hydrogen) atoms. The predicted molar refractivity (Wildman–Crippen MR) is 184 cm³/mol. The highest BCUT2D eigenvalue weighted by Crippen LogP contribution is 2.48. The van der Waals surface area contributed by atoms with Crippen molar-refractivity contribution in [2.24, 2.45) is 0 Å². The van der Waals surface area contributed by atoms with E-state index in [4.69, 9.17) is 4.74 Å². The molecule has 6 aromatic rings. The molecular formula is C42H38O3. The van der Waals surface area contributed by atoms with Gasteiger partial charge in [0.15, 0.2) is 0 Å². The molecule has 6 rings (SSSR count). The van der Waals surface area contributed by atoms with Crippen molar-refractivity contribution in [2.75, 3.05) is 0 Å². The van der Waals surface area contributed by atoms with E-state index in [-0.39, 0.29) is 11.5 Å². The molecule has 0 amide bonds. The van der Waals surface area contributed by atoms with Crippen LogP contribution in [0.3, 0.4) is 0 Å². The second kappa shape index (κ2) is 13.6. The average Bonchev–Trinajstić information content (AvgIpc) is 3.09. The zero-order valence-corrected chi connectivity index (χ0v) is 25.6. The summed E-state index contributed by atoms with van der Waals surface area (Å²) < 4.78 is 6.18. The number of benzene rings is 6. The average molecular weight is 591 g/mol. The number of aromatic hydroxyl groups is 2. The van der Waals surface area contributed by atoms with Gasteiger partial charge in [-0.1, -0.05) is 129 Å². The molecule has 0 heterocycles. The minimum atomic E-state index is -0.574. The first-order valence-electron chi connectivity index (χ1n) is 15.7. The molecule has 6 aromatic carbocycles. The van der Waals surface area contributed by atoms with Crippen molar-refractivity contribution < 1.29 is 14.9 Å². The Bertz CT molecular complexity index is 1740. The molecule has 3 heteroatoms. The number of ether oxygens (including phenoxy) is 1. The van der Waals surface area contributed by atoms with Crippen molar-refractivity contribution in [2.45, 2.75) is 38.0 Å². The summed E-state index contributed by atoms with van der Waals surface area (Å²) in [6.45, 7) is 2.22. The van der Waals surface area contributed by atoms with Gasteiger partial charge in [0.2, 0.25) is 0 Å². The summed E-state index contributed by atoms with van der Waals surface area (Å²) in [4.78, 5) is 0. The van der Waals surface area contributed by atoms with Crippen molar-refractivity contribution >= 4 is 0 Å². The summed E-state index contributed by atoms with van der Waals surface area (Å²) in [5.41, 5.74) is 6.21. The molecule has 0 aliphatic heterocycles. The molecule has 0 saturated carbocycles. The van der Waals surface area contributed by atoms with E-state index in [0.717, 1.165) is 76.1 Å². The van der Waals surface area contributed by atoms with Crippen molar-refractivity contribution in [1.82, 2.24) is 0 Å². The number of rotatable bonds is 11. The molecule has 0 atom stereocenters. The van der Waals surface area contributed by atoms with Gasteiger partial charge in [0.05, 0.1) is 0 Å². The van der Waals surface area contributed by atoms with E-state index in [1.165, 1.54) is 0 Å². The molecule has 0 bridgehead atoms. The van der Waals surface area contributed by atoms with Crippen molar-refractivity contribution in [1.29, 1.82) is 0 Å². The molecule has 0 aliphatic carbocycles. The van der Waals surface area contributed by atoms with Crippen LogP contribution in [0.4, 0.5) is 0 Å². The number of phenolic OH excluding ortho intramolecular Hbond substituents is 2. The van der Waals surface area contributed by atoms with E-state index < -0.39 is 5.41 Å². The lowest BCUT2D eigenvalue weighted by Crippen LogP contribution is -2.29. The third-order valence-corrected chi connectivity index (χ3v) is 8.63. The summed E-state index contributed by atoms with van der Waals surface area (Å²) in [6, 6.07) is 50.3. The Morgan fingerprint density at radius 3 is 1.42 bits per heavy atom. The summed E-state index contributed by atoms with van der Waals surface area (Å²) in [7, 11) is 0. The molecule has 0 radical (unpaired) electrons.